The first-order valence-corrected chi connectivity index (χ1v) is 3.92. The van der Waals surface area contributed by atoms with Crippen LogP contribution in [0.15, 0.2) is 35.2 Å². The van der Waals surface area contributed by atoms with Crippen molar-refractivity contribution >= 4 is 11.8 Å². The predicted molar refractivity (Wildman–Crippen MR) is 52.6 cm³/mol. The van der Waals surface area contributed by atoms with Gasteiger partial charge in [-0.1, -0.05) is 12.1 Å². The van der Waals surface area contributed by atoms with Gasteiger partial charge in [0, 0.05) is 0 Å². The van der Waals surface area contributed by atoms with Crippen LogP contribution in [0.2, 0.25) is 0 Å². The summed E-state index contributed by atoms with van der Waals surface area (Å²) in [6.45, 7) is 1.85. The van der Waals surface area contributed by atoms with E-state index in [0.717, 1.165) is 11.3 Å². The van der Waals surface area contributed by atoms with Crippen molar-refractivity contribution in [1.82, 2.24) is 0 Å². The van der Waals surface area contributed by atoms with Crippen LogP contribution in [-0.2, 0) is 4.74 Å². The molecule has 0 saturated heterocycles. The largest absolute Gasteiger partial charge is 0.501 e. The summed E-state index contributed by atoms with van der Waals surface area (Å²) in [6, 6.07) is 7.03. The molecule has 0 fully saturated rings. The van der Waals surface area contributed by atoms with E-state index in [1.807, 2.05) is 19.1 Å². The third-order valence-electron chi connectivity index (χ3n) is 1.67. The second-order valence-electron chi connectivity index (χ2n) is 2.65. The highest BCUT2D eigenvalue weighted by Gasteiger charge is 1.93. The molecule has 3 nitrogen and oxygen atoms in total. The lowest BCUT2D eigenvalue weighted by atomic mass is 10.2. The first-order chi connectivity index (χ1) is 6.26. The van der Waals surface area contributed by atoms with Gasteiger partial charge >= 0.3 is 0 Å². The summed E-state index contributed by atoms with van der Waals surface area (Å²) in [5.74, 6) is 0.794. The fourth-order valence-corrected chi connectivity index (χ4v) is 0.965. The van der Waals surface area contributed by atoms with Gasteiger partial charge in [0.1, 0.15) is 5.69 Å². The van der Waals surface area contributed by atoms with Crippen LogP contribution in [0, 0.1) is 4.91 Å². The lowest BCUT2D eigenvalue weighted by molar-refractivity contribution is 0.297. The maximum Gasteiger partial charge on any atom is 0.108 e. The zero-order chi connectivity index (χ0) is 9.68. The number of hydrogen-bond donors (Lipinski definition) is 0. The minimum absolute atomic E-state index is 0.428. The number of rotatable bonds is 3. The Morgan fingerprint density at radius 1 is 1.54 bits per heavy atom. The highest BCUT2D eigenvalue weighted by atomic mass is 16.5. The van der Waals surface area contributed by atoms with E-state index < -0.39 is 0 Å². The van der Waals surface area contributed by atoms with Crippen LogP contribution in [0.3, 0.4) is 0 Å². The van der Waals surface area contributed by atoms with E-state index in [0.29, 0.717) is 5.69 Å². The van der Waals surface area contributed by atoms with E-state index in [1.54, 1.807) is 25.3 Å². The molecule has 3 heteroatoms. The van der Waals surface area contributed by atoms with E-state index in [4.69, 9.17) is 4.74 Å². The van der Waals surface area contributed by atoms with Gasteiger partial charge in [0.2, 0.25) is 0 Å². The Morgan fingerprint density at radius 3 is 2.92 bits per heavy atom. The summed E-state index contributed by atoms with van der Waals surface area (Å²) >= 11 is 0. The van der Waals surface area contributed by atoms with Gasteiger partial charge in [0.25, 0.3) is 0 Å². The molecule has 0 amide bonds. The van der Waals surface area contributed by atoms with E-state index in [9.17, 15) is 4.91 Å². The summed E-state index contributed by atoms with van der Waals surface area (Å²) in [4.78, 5) is 10.2. The van der Waals surface area contributed by atoms with Crippen molar-refractivity contribution in [1.29, 1.82) is 0 Å². The molecule has 0 spiro atoms. The van der Waals surface area contributed by atoms with E-state index >= 15 is 0 Å². The SMILES string of the molecule is CO/C(C)=C\c1cccc(N=O)c1. The fraction of sp³-hybridized carbons (Fsp3) is 0.200. The van der Waals surface area contributed by atoms with Crippen molar-refractivity contribution in [3.8, 4) is 0 Å². The average molecular weight is 177 g/mol. The summed E-state index contributed by atoms with van der Waals surface area (Å²) in [7, 11) is 1.60. The molecule has 68 valence electrons. The van der Waals surface area contributed by atoms with Crippen molar-refractivity contribution in [2.24, 2.45) is 5.18 Å². The number of benzene rings is 1. The standard InChI is InChI=1S/C10H11NO2/c1-8(13-2)6-9-4-3-5-10(7-9)11-12/h3-7H,1-2H3/b8-6-. The molecular weight excluding hydrogens is 166 g/mol. The maximum absolute atomic E-state index is 10.2. The maximum atomic E-state index is 10.2. The summed E-state index contributed by atoms with van der Waals surface area (Å²) in [5.41, 5.74) is 1.34. The Bertz CT molecular complexity index is 331. The molecule has 0 heterocycles. The number of ether oxygens (including phenoxy) is 1. The summed E-state index contributed by atoms with van der Waals surface area (Å²) in [6.07, 6.45) is 1.84. The molecule has 0 aliphatic heterocycles. The van der Waals surface area contributed by atoms with Gasteiger partial charge in [0.05, 0.1) is 12.9 Å². The zero-order valence-corrected chi connectivity index (χ0v) is 7.65. The third-order valence-corrected chi connectivity index (χ3v) is 1.67. The summed E-state index contributed by atoms with van der Waals surface area (Å²) < 4.78 is 4.98. The Morgan fingerprint density at radius 2 is 2.31 bits per heavy atom. The molecular formula is C10H11NO2. The Kier molecular flexibility index (Phi) is 3.20. The topological polar surface area (TPSA) is 38.7 Å². The smallest absolute Gasteiger partial charge is 0.108 e. The molecule has 0 aliphatic rings. The Hall–Kier alpha value is -1.64. The minimum atomic E-state index is 0.428. The molecule has 0 unspecified atom stereocenters. The highest BCUT2D eigenvalue weighted by Crippen LogP contribution is 2.15. The van der Waals surface area contributed by atoms with Crippen LogP contribution in [0.4, 0.5) is 5.69 Å². The van der Waals surface area contributed by atoms with Gasteiger partial charge in [0.15, 0.2) is 0 Å². The van der Waals surface area contributed by atoms with Crippen molar-refractivity contribution in [2.75, 3.05) is 7.11 Å². The predicted octanol–water partition coefficient (Wildman–Crippen LogP) is 3.09. The molecule has 1 aromatic carbocycles. The second-order valence-corrected chi connectivity index (χ2v) is 2.65. The van der Waals surface area contributed by atoms with Gasteiger partial charge in [-0.15, -0.1) is 4.91 Å². The lowest BCUT2D eigenvalue weighted by Gasteiger charge is -1.98. The third kappa shape index (κ3) is 2.71. The molecule has 0 aromatic heterocycles. The number of allylic oxidation sites excluding steroid dienone is 1. The minimum Gasteiger partial charge on any atom is -0.501 e. The number of methoxy groups -OCH3 is 1. The average Bonchev–Trinajstić information content (AvgIpc) is 2.18. The van der Waals surface area contributed by atoms with E-state index in [-0.39, 0.29) is 0 Å². The van der Waals surface area contributed by atoms with Crippen molar-refractivity contribution in [3.63, 3.8) is 0 Å². The number of nitrogens with zero attached hydrogens (tertiary/aromatic N) is 1. The number of hydrogen-bond acceptors (Lipinski definition) is 3. The van der Waals surface area contributed by atoms with Gasteiger partial charge in [-0.05, 0) is 35.9 Å². The monoisotopic (exact) mass is 177 g/mol. The van der Waals surface area contributed by atoms with Crippen LogP contribution in [0.25, 0.3) is 6.08 Å². The van der Waals surface area contributed by atoms with Crippen molar-refractivity contribution in [2.45, 2.75) is 6.92 Å². The van der Waals surface area contributed by atoms with Crippen molar-refractivity contribution in [3.05, 3.63) is 40.5 Å². The van der Waals surface area contributed by atoms with Crippen molar-refractivity contribution < 1.29 is 4.74 Å². The first kappa shape index (κ1) is 9.45. The first-order valence-electron chi connectivity index (χ1n) is 3.92. The molecule has 1 rings (SSSR count). The second kappa shape index (κ2) is 4.40. The quantitative estimate of drug-likeness (QED) is 0.525. The normalized spacial score (nSPS) is 11.1. The van der Waals surface area contributed by atoms with E-state index in [1.165, 1.54) is 0 Å². The van der Waals surface area contributed by atoms with E-state index in [2.05, 4.69) is 5.18 Å². The van der Waals surface area contributed by atoms with Crippen LogP contribution in [0.5, 0.6) is 0 Å². The summed E-state index contributed by atoms with van der Waals surface area (Å²) in [5, 5.41) is 2.84. The lowest BCUT2D eigenvalue weighted by Crippen LogP contribution is -1.79. The Labute approximate surface area is 77.0 Å². The molecule has 0 aliphatic carbocycles. The van der Waals surface area contributed by atoms with Crippen LogP contribution >= 0.6 is 0 Å². The molecule has 0 radical (unpaired) electrons. The fourth-order valence-electron chi connectivity index (χ4n) is 0.965. The molecule has 13 heavy (non-hydrogen) atoms. The van der Waals surface area contributed by atoms with Gasteiger partial charge in [-0.25, -0.2) is 0 Å². The zero-order valence-electron chi connectivity index (χ0n) is 7.65. The Balaban J connectivity index is 2.95. The molecule has 0 atom stereocenters. The molecule has 0 N–H and O–H groups in total. The molecule has 1 aromatic rings. The van der Waals surface area contributed by atoms with Crippen LogP contribution in [0.1, 0.15) is 12.5 Å². The van der Waals surface area contributed by atoms with Gasteiger partial charge < -0.3 is 4.74 Å². The molecule has 0 saturated carbocycles. The van der Waals surface area contributed by atoms with Crippen LogP contribution < -0.4 is 0 Å². The van der Waals surface area contributed by atoms with Gasteiger partial charge in [-0.3, -0.25) is 0 Å². The molecule has 0 bridgehead atoms. The number of nitroso groups, excluding NO2 is 1. The highest BCUT2D eigenvalue weighted by molar-refractivity contribution is 5.56. The van der Waals surface area contributed by atoms with Gasteiger partial charge in [-0.2, -0.15) is 0 Å². The van der Waals surface area contributed by atoms with Crippen LogP contribution in [-0.4, -0.2) is 7.11 Å².